The molecule has 0 radical (unpaired) electrons. The van der Waals surface area contributed by atoms with Crippen LogP contribution in [-0.2, 0) is 11.3 Å². The van der Waals surface area contributed by atoms with Crippen LogP contribution in [0, 0.1) is 0 Å². The third-order valence-electron chi connectivity index (χ3n) is 5.29. The highest BCUT2D eigenvalue weighted by molar-refractivity contribution is 7.22. The first kappa shape index (κ1) is 21.0. The molecule has 5 rings (SSSR count). The fourth-order valence-corrected chi connectivity index (χ4v) is 4.62. The molecule has 0 fully saturated rings. The molecule has 1 aliphatic heterocycles. The van der Waals surface area contributed by atoms with Gasteiger partial charge in [0, 0.05) is 4.88 Å². The third-order valence-corrected chi connectivity index (χ3v) is 6.45. The van der Waals surface area contributed by atoms with E-state index in [-0.39, 0.29) is 30.7 Å². The van der Waals surface area contributed by atoms with Crippen LogP contribution >= 0.6 is 11.3 Å². The number of benzene rings is 2. The minimum atomic E-state index is -0.300. The van der Waals surface area contributed by atoms with E-state index in [0.29, 0.717) is 28.3 Å². The molecular formula is C24H21N3O5S. The third kappa shape index (κ3) is 4.40. The van der Waals surface area contributed by atoms with Crippen molar-refractivity contribution in [3.8, 4) is 27.7 Å². The van der Waals surface area contributed by atoms with Gasteiger partial charge < -0.3 is 19.5 Å². The first-order valence-electron chi connectivity index (χ1n) is 10.4. The summed E-state index contributed by atoms with van der Waals surface area (Å²) in [5.41, 5.74) is 1.34. The number of nitrogens with zero attached hydrogens (tertiary/aromatic N) is 2. The second-order valence-corrected chi connectivity index (χ2v) is 8.59. The Balaban J connectivity index is 1.25. The van der Waals surface area contributed by atoms with Crippen LogP contribution in [0.4, 0.5) is 0 Å². The molecule has 0 unspecified atom stereocenters. The fraction of sp³-hybridized carbons (Fsp3) is 0.208. The Kier molecular flexibility index (Phi) is 5.70. The number of aromatic nitrogens is 2. The lowest BCUT2D eigenvalue weighted by molar-refractivity contribution is -0.122. The van der Waals surface area contributed by atoms with Gasteiger partial charge in [0.25, 0.3) is 5.56 Å². The molecule has 0 aliphatic carbocycles. The smallest absolute Gasteiger partial charge is 0.271 e. The van der Waals surface area contributed by atoms with Gasteiger partial charge in [0.05, 0.1) is 25.5 Å². The molecule has 8 nitrogen and oxygen atoms in total. The Bertz CT molecular complexity index is 1360. The van der Waals surface area contributed by atoms with E-state index in [0.717, 1.165) is 16.2 Å². The number of carbonyl (C=O) groups is 1. The number of nitrogens with one attached hydrogen (secondary N) is 1. The van der Waals surface area contributed by atoms with Crippen LogP contribution in [0.1, 0.15) is 0 Å². The van der Waals surface area contributed by atoms with Crippen LogP contribution in [0.5, 0.6) is 17.2 Å². The van der Waals surface area contributed by atoms with Crippen molar-refractivity contribution >= 4 is 27.5 Å². The van der Waals surface area contributed by atoms with E-state index in [1.807, 2.05) is 54.6 Å². The number of thiophene rings is 1. The molecule has 168 valence electrons. The minimum Gasteiger partial charge on any atom is -0.497 e. The number of para-hydroxylation sites is 2. The molecule has 1 amide bonds. The molecule has 1 aliphatic rings. The molecule has 0 saturated carbocycles. The summed E-state index contributed by atoms with van der Waals surface area (Å²) >= 11 is 1.36. The molecular weight excluding hydrogens is 442 g/mol. The lowest BCUT2D eigenvalue weighted by Gasteiger charge is -2.26. The zero-order valence-electron chi connectivity index (χ0n) is 17.8. The van der Waals surface area contributed by atoms with Crippen molar-refractivity contribution in [3.05, 3.63) is 71.3 Å². The number of rotatable bonds is 6. The average Bonchev–Trinajstić information content (AvgIpc) is 3.30. The van der Waals surface area contributed by atoms with Gasteiger partial charge >= 0.3 is 0 Å². The number of methoxy groups -OCH3 is 1. The molecule has 2 aromatic heterocycles. The lowest BCUT2D eigenvalue weighted by Crippen LogP contribution is -2.42. The van der Waals surface area contributed by atoms with Crippen molar-refractivity contribution < 1.29 is 19.0 Å². The summed E-state index contributed by atoms with van der Waals surface area (Å²) in [5.74, 6) is 1.81. The fourth-order valence-electron chi connectivity index (χ4n) is 3.56. The second-order valence-electron chi connectivity index (χ2n) is 7.53. The predicted octanol–water partition coefficient (Wildman–Crippen LogP) is 3.09. The van der Waals surface area contributed by atoms with Crippen molar-refractivity contribution in [2.75, 3.05) is 20.3 Å². The Morgan fingerprint density at radius 1 is 1.21 bits per heavy atom. The molecule has 0 spiro atoms. The van der Waals surface area contributed by atoms with Crippen LogP contribution in [0.3, 0.4) is 0 Å². The van der Waals surface area contributed by atoms with E-state index in [2.05, 4.69) is 10.3 Å². The number of ether oxygens (including phenoxy) is 3. The first-order valence-corrected chi connectivity index (χ1v) is 11.2. The van der Waals surface area contributed by atoms with E-state index >= 15 is 0 Å². The number of fused-ring (bicyclic) bond motifs is 2. The SMILES string of the molecule is COc1ccc(-c2cc3ncn(CC(=O)NC[C@H]4COc5ccccc5O4)c(=O)c3s2)cc1. The highest BCUT2D eigenvalue weighted by Gasteiger charge is 2.21. The van der Waals surface area contributed by atoms with Crippen molar-refractivity contribution in [2.24, 2.45) is 0 Å². The van der Waals surface area contributed by atoms with Crippen LogP contribution < -0.4 is 25.1 Å². The summed E-state index contributed by atoms with van der Waals surface area (Å²) in [7, 11) is 1.62. The Hall–Kier alpha value is -3.85. The van der Waals surface area contributed by atoms with E-state index < -0.39 is 0 Å². The van der Waals surface area contributed by atoms with Crippen molar-refractivity contribution in [3.63, 3.8) is 0 Å². The zero-order chi connectivity index (χ0) is 22.8. The van der Waals surface area contributed by atoms with Gasteiger partial charge in [-0.05, 0) is 48.0 Å². The molecule has 0 bridgehead atoms. The topological polar surface area (TPSA) is 91.7 Å². The number of carbonyl (C=O) groups excluding carboxylic acids is 1. The molecule has 0 saturated heterocycles. The zero-order valence-corrected chi connectivity index (χ0v) is 18.6. The van der Waals surface area contributed by atoms with Gasteiger partial charge in [-0.1, -0.05) is 12.1 Å². The normalized spacial score (nSPS) is 14.8. The quantitative estimate of drug-likeness (QED) is 0.473. The van der Waals surface area contributed by atoms with Crippen molar-refractivity contribution in [2.45, 2.75) is 12.6 Å². The summed E-state index contributed by atoms with van der Waals surface area (Å²) in [4.78, 5) is 30.7. The molecule has 33 heavy (non-hydrogen) atoms. The Labute approximate surface area is 193 Å². The average molecular weight is 464 g/mol. The highest BCUT2D eigenvalue weighted by Crippen LogP contribution is 2.32. The Morgan fingerprint density at radius 2 is 2.00 bits per heavy atom. The predicted molar refractivity (Wildman–Crippen MR) is 125 cm³/mol. The van der Waals surface area contributed by atoms with Gasteiger partial charge in [-0.3, -0.25) is 14.2 Å². The van der Waals surface area contributed by atoms with Crippen LogP contribution in [0.25, 0.3) is 20.7 Å². The van der Waals surface area contributed by atoms with E-state index in [9.17, 15) is 9.59 Å². The minimum absolute atomic E-state index is 0.123. The summed E-state index contributed by atoms with van der Waals surface area (Å²) in [6.07, 6.45) is 1.11. The molecule has 4 aromatic rings. The summed E-state index contributed by atoms with van der Waals surface area (Å²) in [6, 6.07) is 16.9. The maximum Gasteiger partial charge on any atom is 0.271 e. The van der Waals surface area contributed by atoms with Gasteiger partial charge in [-0.2, -0.15) is 0 Å². The molecule has 2 aromatic carbocycles. The molecule has 3 heterocycles. The standard InChI is InChI=1S/C24H21N3O5S/c1-30-16-8-6-15(7-9-16)21-10-18-23(33-21)24(29)27(14-26-18)12-22(28)25-11-17-13-31-19-4-2-3-5-20(19)32-17/h2-10,14,17H,11-13H2,1H3,(H,25,28)/t17-/m0/s1. The van der Waals surface area contributed by atoms with Crippen LogP contribution in [-0.4, -0.2) is 41.8 Å². The maximum atomic E-state index is 12.9. The number of amides is 1. The summed E-state index contributed by atoms with van der Waals surface area (Å²) in [6.45, 7) is 0.494. The van der Waals surface area contributed by atoms with Crippen molar-refractivity contribution in [1.29, 1.82) is 0 Å². The first-order chi connectivity index (χ1) is 16.1. The van der Waals surface area contributed by atoms with Crippen molar-refractivity contribution in [1.82, 2.24) is 14.9 Å². The van der Waals surface area contributed by atoms with Gasteiger partial charge in [-0.25, -0.2) is 4.98 Å². The number of hydrogen-bond acceptors (Lipinski definition) is 7. The largest absolute Gasteiger partial charge is 0.497 e. The van der Waals surface area contributed by atoms with Crippen LogP contribution in [0.2, 0.25) is 0 Å². The van der Waals surface area contributed by atoms with Gasteiger partial charge in [0.15, 0.2) is 11.5 Å². The molecule has 1 atom stereocenters. The summed E-state index contributed by atoms with van der Waals surface area (Å²) < 4.78 is 18.5. The molecule has 9 heteroatoms. The second kappa shape index (κ2) is 8.95. The highest BCUT2D eigenvalue weighted by atomic mass is 32.1. The monoisotopic (exact) mass is 463 g/mol. The van der Waals surface area contributed by atoms with Gasteiger partial charge in [0.1, 0.15) is 29.7 Å². The van der Waals surface area contributed by atoms with E-state index in [1.165, 1.54) is 22.2 Å². The van der Waals surface area contributed by atoms with Gasteiger partial charge in [-0.15, -0.1) is 11.3 Å². The van der Waals surface area contributed by atoms with Gasteiger partial charge in [0.2, 0.25) is 5.91 Å². The molecule has 1 N–H and O–H groups in total. The maximum absolute atomic E-state index is 12.9. The van der Waals surface area contributed by atoms with Crippen LogP contribution in [0.15, 0.2) is 65.7 Å². The van der Waals surface area contributed by atoms with E-state index in [4.69, 9.17) is 14.2 Å². The lowest BCUT2D eigenvalue weighted by atomic mass is 10.2. The summed E-state index contributed by atoms with van der Waals surface area (Å²) in [5, 5.41) is 2.81. The number of hydrogen-bond donors (Lipinski definition) is 1. The van der Waals surface area contributed by atoms with E-state index in [1.54, 1.807) is 7.11 Å². The Morgan fingerprint density at radius 3 is 2.79 bits per heavy atom.